The number of hydrogen-bond acceptors (Lipinski definition) is 3. The quantitative estimate of drug-likeness (QED) is 0.351. The minimum Gasteiger partial charge on any atom is -0.427 e. The van der Waals surface area contributed by atoms with Crippen LogP contribution in [-0.4, -0.2) is 0 Å². The summed E-state index contributed by atoms with van der Waals surface area (Å²) >= 11 is -4.01. The van der Waals surface area contributed by atoms with Gasteiger partial charge < -0.3 is 10.3 Å². The highest BCUT2D eigenvalue weighted by Crippen LogP contribution is 2.51. The standard InChI is InChI=1S/C14H16F3S.IO3/c1-2-3-4-8-12-10-11-7-5-6-9-13(11)18(12)14(15,16)17;2-1(3)4/h5-7,9-10H,2-4,8H2,1H3;/q+1;-1. The Morgan fingerprint density at radius 1 is 1.09 bits per heavy atom. The fourth-order valence-corrected chi connectivity index (χ4v) is 4.16. The maximum absolute atomic E-state index is 13.2. The maximum Gasteiger partial charge on any atom is 0.600 e. The number of thiophene rings is 1. The maximum atomic E-state index is 13.2. The van der Waals surface area contributed by atoms with Crippen molar-refractivity contribution in [1.29, 1.82) is 0 Å². The summed E-state index contributed by atoms with van der Waals surface area (Å²) in [4.78, 5) is 0.553. The van der Waals surface area contributed by atoms with E-state index in [0.717, 1.165) is 24.6 Å². The molecule has 0 spiro atoms. The van der Waals surface area contributed by atoms with Gasteiger partial charge in [-0.3, -0.25) is 0 Å². The van der Waals surface area contributed by atoms with Crippen LogP contribution in [-0.2, 0) is 11.9 Å². The fraction of sp³-hybridized carbons (Fsp3) is 0.429. The molecule has 1 heterocycles. The number of fused-ring (bicyclic) bond motifs is 1. The van der Waals surface area contributed by atoms with Gasteiger partial charge in [0.2, 0.25) is 0 Å². The molecule has 0 fully saturated rings. The highest BCUT2D eigenvalue weighted by atomic mass is 127. The van der Waals surface area contributed by atoms with Gasteiger partial charge in [-0.25, -0.2) is 0 Å². The van der Waals surface area contributed by atoms with E-state index in [4.69, 9.17) is 10.3 Å². The molecule has 1 aromatic heterocycles. The van der Waals surface area contributed by atoms with Crippen LogP contribution in [0.15, 0.2) is 30.3 Å². The van der Waals surface area contributed by atoms with Gasteiger partial charge in [0.25, 0.3) is 21.1 Å². The van der Waals surface area contributed by atoms with E-state index in [9.17, 15) is 13.2 Å². The lowest BCUT2D eigenvalue weighted by atomic mass is 10.1. The van der Waals surface area contributed by atoms with E-state index in [0.29, 0.717) is 16.0 Å². The zero-order valence-electron chi connectivity index (χ0n) is 11.9. The predicted molar refractivity (Wildman–Crippen MR) is 71.0 cm³/mol. The Morgan fingerprint density at radius 3 is 2.23 bits per heavy atom. The van der Waals surface area contributed by atoms with Crippen LogP contribution in [0.1, 0.15) is 31.1 Å². The molecule has 0 saturated heterocycles. The van der Waals surface area contributed by atoms with Crippen molar-refractivity contribution >= 4 is 20.6 Å². The Labute approximate surface area is 138 Å². The van der Waals surface area contributed by atoms with Crippen molar-refractivity contribution in [3.05, 3.63) is 35.2 Å². The topological polar surface area (TPSA) is 69.2 Å². The number of hydrogen-bond donors (Lipinski definition) is 0. The third-order valence-electron chi connectivity index (χ3n) is 2.98. The summed E-state index contributed by atoms with van der Waals surface area (Å²) in [6.07, 6.45) is 3.42. The number of unbranched alkanes of at least 4 members (excludes halogenated alkanes) is 2. The van der Waals surface area contributed by atoms with Crippen LogP contribution in [0.3, 0.4) is 0 Å². The predicted octanol–water partition coefficient (Wildman–Crippen LogP) is -0.765. The molecule has 0 amide bonds. The molecule has 1 unspecified atom stereocenters. The first-order valence-electron chi connectivity index (χ1n) is 6.61. The van der Waals surface area contributed by atoms with Gasteiger partial charge in [0.05, 0.1) is 10.5 Å². The summed E-state index contributed by atoms with van der Waals surface area (Å²) < 4.78 is 65.7. The number of rotatable bonds is 4. The SMILES string of the molecule is CCCCCc1cc2ccccc2[s+]1C(F)(F)F.[O-][I+2]([O-])[O-]. The summed E-state index contributed by atoms with van der Waals surface area (Å²) in [5.41, 5.74) is -4.15. The van der Waals surface area contributed by atoms with Gasteiger partial charge in [-0.2, -0.15) is 0 Å². The van der Waals surface area contributed by atoms with Crippen LogP contribution >= 0.6 is 10.5 Å². The molecule has 2 rings (SSSR count). The van der Waals surface area contributed by atoms with Crippen LogP contribution < -0.4 is 31.4 Å². The number of halogens is 4. The number of aryl methyl sites for hydroxylation is 1. The lowest BCUT2D eigenvalue weighted by Gasteiger charge is -2.00. The Bertz CT molecular complexity index is 581. The van der Waals surface area contributed by atoms with Crippen LogP contribution in [0.2, 0.25) is 0 Å². The molecule has 1 atom stereocenters. The molecule has 0 aliphatic rings. The van der Waals surface area contributed by atoms with E-state index in [2.05, 4.69) is 6.92 Å². The van der Waals surface area contributed by atoms with Crippen molar-refractivity contribution in [2.24, 2.45) is 0 Å². The molecule has 2 aromatic rings. The first kappa shape index (κ1) is 19.6. The van der Waals surface area contributed by atoms with Gasteiger partial charge in [0, 0.05) is 17.9 Å². The molecule has 0 saturated carbocycles. The second-order valence-corrected chi connectivity index (χ2v) is 7.66. The lowest BCUT2D eigenvalue weighted by molar-refractivity contribution is -1.73. The summed E-state index contributed by atoms with van der Waals surface area (Å²) in [6, 6.07) is 8.60. The molecular weight excluding hydrogens is 432 g/mol. The molecular formula is C14H16F3IO3S. The van der Waals surface area contributed by atoms with Gasteiger partial charge in [0.15, 0.2) is 9.58 Å². The van der Waals surface area contributed by atoms with Crippen molar-refractivity contribution in [3.8, 4) is 0 Å². The smallest absolute Gasteiger partial charge is 0.427 e. The molecule has 0 aliphatic carbocycles. The van der Waals surface area contributed by atoms with E-state index in [1.807, 2.05) is 0 Å². The first-order chi connectivity index (χ1) is 10.3. The van der Waals surface area contributed by atoms with E-state index >= 15 is 0 Å². The Morgan fingerprint density at radius 2 is 1.68 bits per heavy atom. The normalized spacial score (nSPS) is 12.5. The minimum atomic E-state index is -4.15. The second-order valence-electron chi connectivity index (χ2n) is 4.55. The molecule has 0 N–H and O–H groups in total. The Hall–Kier alpha value is -0.420. The third-order valence-corrected chi connectivity index (χ3v) is 5.10. The average Bonchev–Trinajstić information content (AvgIpc) is 2.76. The monoisotopic (exact) mass is 448 g/mol. The summed E-state index contributed by atoms with van der Waals surface area (Å²) in [6.45, 7) is 2.06. The van der Waals surface area contributed by atoms with E-state index in [-0.39, 0.29) is 0 Å². The summed E-state index contributed by atoms with van der Waals surface area (Å²) in [5, 5.41) is 0.740. The molecule has 0 bridgehead atoms. The molecule has 3 nitrogen and oxygen atoms in total. The van der Waals surface area contributed by atoms with Crippen LogP contribution in [0.25, 0.3) is 10.1 Å². The third kappa shape index (κ3) is 5.99. The Balaban J connectivity index is 0.000000541. The molecule has 124 valence electrons. The van der Waals surface area contributed by atoms with Crippen LogP contribution in [0, 0.1) is 0 Å². The van der Waals surface area contributed by atoms with E-state index in [1.165, 1.54) is 0 Å². The van der Waals surface area contributed by atoms with Crippen LogP contribution in [0.5, 0.6) is 0 Å². The van der Waals surface area contributed by atoms with Gasteiger partial charge in [-0.05, 0) is 18.6 Å². The van der Waals surface area contributed by atoms with E-state index in [1.54, 1.807) is 30.3 Å². The zero-order valence-corrected chi connectivity index (χ0v) is 14.8. The zero-order chi connectivity index (χ0) is 16.8. The fourth-order valence-electron chi connectivity index (χ4n) is 2.16. The van der Waals surface area contributed by atoms with Crippen LogP contribution in [0.4, 0.5) is 13.2 Å². The Kier molecular flexibility index (Phi) is 8.04. The van der Waals surface area contributed by atoms with Gasteiger partial charge >= 0.3 is 5.51 Å². The second kappa shape index (κ2) is 9.02. The highest BCUT2D eigenvalue weighted by Gasteiger charge is 2.47. The van der Waals surface area contributed by atoms with Gasteiger partial charge in [-0.1, -0.05) is 31.9 Å². The molecule has 0 aliphatic heterocycles. The van der Waals surface area contributed by atoms with Crippen molar-refractivity contribution in [2.45, 2.75) is 38.1 Å². The summed E-state index contributed by atoms with van der Waals surface area (Å²) in [7, 11) is -1.70. The van der Waals surface area contributed by atoms with Crippen molar-refractivity contribution in [2.75, 3.05) is 0 Å². The molecule has 22 heavy (non-hydrogen) atoms. The largest absolute Gasteiger partial charge is 0.600 e. The van der Waals surface area contributed by atoms with Gasteiger partial charge in [0.1, 0.15) is 0 Å². The van der Waals surface area contributed by atoms with E-state index < -0.39 is 37.0 Å². The van der Waals surface area contributed by atoms with Crippen molar-refractivity contribution in [3.63, 3.8) is 0 Å². The average molecular weight is 448 g/mol. The van der Waals surface area contributed by atoms with Crippen molar-refractivity contribution in [1.82, 2.24) is 0 Å². The number of benzene rings is 1. The molecule has 8 heteroatoms. The summed E-state index contributed by atoms with van der Waals surface area (Å²) in [5.74, 6) is 0. The number of alkyl halides is 3. The molecule has 0 radical (unpaired) electrons. The highest BCUT2D eigenvalue weighted by molar-refractivity contribution is 7.38. The lowest BCUT2D eigenvalue weighted by Crippen LogP contribution is -4.05. The first-order valence-corrected chi connectivity index (χ1v) is 10.5. The van der Waals surface area contributed by atoms with Gasteiger partial charge in [-0.15, -0.1) is 13.2 Å². The minimum absolute atomic E-state index is 0.441. The van der Waals surface area contributed by atoms with Crippen molar-refractivity contribution < 1.29 is 44.5 Å². The molecule has 1 aromatic carbocycles.